The number of phosphoric acid groups is 1. The molecular weight excluding hydrogens is 976 g/mol. The number of unbranched alkanes of at least 4 members (excludes halogenated alkanes) is 19. The molecule has 0 spiro atoms. The van der Waals surface area contributed by atoms with E-state index in [1.54, 1.807) is 0 Å². The molecule has 11 nitrogen and oxygen atoms in total. The molecule has 0 bridgehead atoms. The highest BCUT2D eigenvalue weighted by Gasteiger charge is 2.28. The van der Waals surface area contributed by atoms with Gasteiger partial charge in [-0.25, -0.2) is 4.57 Å². The molecule has 0 aromatic carbocycles. The van der Waals surface area contributed by atoms with Gasteiger partial charge in [0.25, 0.3) is 0 Å². The minimum Gasteiger partial charge on any atom is -0.462 e. The number of hydrogen-bond acceptors (Lipinski definition) is 10. The van der Waals surface area contributed by atoms with E-state index in [-0.39, 0.29) is 25.9 Å². The summed E-state index contributed by atoms with van der Waals surface area (Å²) in [4.78, 5) is 48.6. The summed E-state index contributed by atoms with van der Waals surface area (Å²) < 4.78 is 39.5. The van der Waals surface area contributed by atoms with Crippen LogP contribution in [0.25, 0.3) is 0 Å². The van der Waals surface area contributed by atoms with Crippen LogP contribution in [0.5, 0.6) is 0 Å². The zero-order chi connectivity index (χ0) is 55.5. The minimum absolute atomic E-state index is 0.142. The minimum atomic E-state index is -4.77. The number of ether oxygens (including phenoxy) is 3. The molecule has 0 aliphatic heterocycles. The van der Waals surface area contributed by atoms with Gasteiger partial charge in [-0.2, -0.15) is 0 Å². The van der Waals surface area contributed by atoms with Crippen molar-refractivity contribution >= 4 is 25.7 Å². The van der Waals surface area contributed by atoms with Gasteiger partial charge in [0.2, 0.25) is 0 Å². The van der Waals surface area contributed by atoms with Crippen LogP contribution in [0.2, 0.25) is 0 Å². The largest absolute Gasteiger partial charge is 0.472 e. The van der Waals surface area contributed by atoms with E-state index in [0.717, 1.165) is 122 Å². The predicted octanol–water partition coefficient (Wildman–Crippen LogP) is 17.8. The summed E-state index contributed by atoms with van der Waals surface area (Å²) >= 11 is 0. The summed E-state index contributed by atoms with van der Waals surface area (Å²) in [5.41, 5.74) is 0. The van der Waals surface area contributed by atoms with Gasteiger partial charge in [-0.3, -0.25) is 23.4 Å². The molecule has 0 amide bonds. The molecular formula is C64H107O11P. The Morgan fingerprint density at radius 2 is 0.684 bits per heavy atom. The van der Waals surface area contributed by atoms with Gasteiger partial charge >= 0.3 is 25.7 Å². The van der Waals surface area contributed by atoms with E-state index in [2.05, 4.69) is 130 Å². The number of aliphatic hydroxyl groups is 1. The standard InChI is InChI=1S/C64H107O11P/c1-4-7-10-13-16-19-22-25-27-29-30-32-34-37-40-43-46-49-52-55-64(68)75-61(57-71-62(66)53-50-47-44-41-38-35-24-21-18-15-12-9-6-3)59-73-76(69,70)72-58-60(56-65)74-63(67)54-51-48-45-42-39-36-33-31-28-26-23-20-17-14-11-8-5-2/h8-9,11-12,16-21,25-28,33,35-36,38,60-61,65H,4-7,10,13-15,22-24,29-32,34,37,39-59H2,1-3H3,(H,69,70)/b11-8-,12-9-,19-16-,20-17-,21-18-,27-25-,28-26-,36-33-,38-35-. The Kier molecular flexibility index (Phi) is 54.4. The molecule has 0 saturated heterocycles. The van der Waals surface area contributed by atoms with Gasteiger partial charge in [0.15, 0.2) is 6.10 Å². The van der Waals surface area contributed by atoms with Crippen LogP contribution in [0.1, 0.15) is 239 Å². The number of carbonyl (C=O) groups excluding carboxylic acids is 3. The normalized spacial score (nSPS) is 14.1. The van der Waals surface area contributed by atoms with Crippen LogP contribution in [0.3, 0.4) is 0 Å². The van der Waals surface area contributed by atoms with Crippen molar-refractivity contribution in [2.45, 2.75) is 251 Å². The molecule has 434 valence electrons. The molecule has 3 atom stereocenters. The maximum Gasteiger partial charge on any atom is 0.472 e. The highest BCUT2D eigenvalue weighted by molar-refractivity contribution is 7.47. The summed E-state index contributed by atoms with van der Waals surface area (Å²) in [6, 6.07) is 0. The SMILES string of the molecule is CC/C=C\C/C=C\C/C=C\C/C=C\CCCCCCC(=O)OC(CO)COP(=O)(O)OCC(COC(=O)CCCCC/C=C\C/C=C\C/C=C\CC)OC(=O)CCCCCCCCCCC/C=C\C/C=C\CCCCC. The highest BCUT2D eigenvalue weighted by Crippen LogP contribution is 2.43. The van der Waals surface area contributed by atoms with E-state index in [1.165, 1.54) is 57.8 Å². The predicted molar refractivity (Wildman–Crippen MR) is 316 cm³/mol. The van der Waals surface area contributed by atoms with E-state index < -0.39 is 57.8 Å². The molecule has 0 saturated carbocycles. The molecule has 12 heteroatoms. The van der Waals surface area contributed by atoms with E-state index >= 15 is 0 Å². The maximum absolute atomic E-state index is 12.9. The molecule has 0 radical (unpaired) electrons. The zero-order valence-corrected chi connectivity index (χ0v) is 48.8. The third kappa shape index (κ3) is 54.9. The molecule has 0 heterocycles. The number of aliphatic hydroxyl groups excluding tert-OH is 1. The summed E-state index contributed by atoms with van der Waals surface area (Å²) in [7, 11) is -4.77. The first-order chi connectivity index (χ1) is 37.2. The molecule has 2 N–H and O–H groups in total. The Morgan fingerprint density at radius 1 is 0.382 bits per heavy atom. The zero-order valence-electron chi connectivity index (χ0n) is 47.9. The lowest BCUT2D eigenvalue weighted by atomic mass is 10.1. The van der Waals surface area contributed by atoms with Crippen LogP contribution >= 0.6 is 7.82 Å². The summed E-state index contributed by atoms with van der Waals surface area (Å²) in [6.45, 7) is 4.33. The number of carbonyl (C=O) groups is 3. The van der Waals surface area contributed by atoms with Crippen molar-refractivity contribution in [2.75, 3.05) is 26.4 Å². The summed E-state index contributed by atoms with van der Waals surface area (Å²) in [5.74, 6) is -1.53. The Morgan fingerprint density at radius 3 is 1.07 bits per heavy atom. The van der Waals surface area contributed by atoms with Crippen molar-refractivity contribution in [3.8, 4) is 0 Å². The van der Waals surface area contributed by atoms with E-state index in [0.29, 0.717) is 19.3 Å². The Hall–Kier alpha value is -3.86. The third-order valence-corrected chi connectivity index (χ3v) is 13.1. The lowest BCUT2D eigenvalue weighted by Gasteiger charge is -2.21. The topological polar surface area (TPSA) is 155 Å². The van der Waals surface area contributed by atoms with Gasteiger partial charge in [0.1, 0.15) is 12.7 Å². The van der Waals surface area contributed by atoms with Gasteiger partial charge in [-0.1, -0.05) is 207 Å². The van der Waals surface area contributed by atoms with Gasteiger partial charge in [-0.15, -0.1) is 0 Å². The average Bonchev–Trinajstić information content (AvgIpc) is 3.41. The molecule has 0 rings (SSSR count). The van der Waals surface area contributed by atoms with Gasteiger partial charge in [0.05, 0.1) is 19.8 Å². The van der Waals surface area contributed by atoms with Crippen LogP contribution in [-0.2, 0) is 42.2 Å². The second-order valence-electron chi connectivity index (χ2n) is 19.4. The van der Waals surface area contributed by atoms with Crippen molar-refractivity contribution in [1.82, 2.24) is 0 Å². The van der Waals surface area contributed by atoms with Crippen LogP contribution < -0.4 is 0 Å². The smallest absolute Gasteiger partial charge is 0.462 e. The fraction of sp³-hybridized carbons (Fsp3) is 0.672. The first-order valence-corrected chi connectivity index (χ1v) is 31.3. The van der Waals surface area contributed by atoms with Crippen molar-refractivity contribution < 1.29 is 52.2 Å². The van der Waals surface area contributed by atoms with Crippen LogP contribution in [-0.4, -0.2) is 66.5 Å². The average molecular weight is 1080 g/mol. The monoisotopic (exact) mass is 1080 g/mol. The Labute approximate surface area is 463 Å². The first-order valence-electron chi connectivity index (χ1n) is 29.8. The number of rotatable bonds is 54. The van der Waals surface area contributed by atoms with Crippen LogP contribution in [0.15, 0.2) is 109 Å². The maximum atomic E-state index is 12.9. The third-order valence-electron chi connectivity index (χ3n) is 12.2. The quantitative estimate of drug-likeness (QED) is 0.0197. The fourth-order valence-electron chi connectivity index (χ4n) is 7.69. The highest BCUT2D eigenvalue weighted by atomic mass is 31.2. The second kappa shape index (κ2) is 57.3. The van der Waals surface area contributed by atoms with Gasteiger partial charge in [0, 0.05) is 19.3 Å². The lowest BCUT2D eigenvalue weighted by molar-refractivity contribution is -0.161. The molecule has 0 aromatic heterocycles. The van der Waals surface area contributed by atoms with Gasteiger partial charge < -0.3 is 24.2 Å². The second-order valence-corrected chi connectivity index (χ2v) is 20.8. The van der Waals surface area contributed by atoms with Crippen molar-refractivity contribution in [3.63, 3.8) is 0 Å². The van der Waals surface area contributed by atoms with Crippen molar-refractivity contribution in [1.29, 1.82) is 0 Å². The molecule has 0 aliphatic carbocycles. The number of allylic oxidation sites excluding steroid dienone is 18. The van der Waals surface area contributed by atoms with Crippen molar-refractivity contribution in [3.05, 3.63) is 109 Å². The number of phosphoric ester groups is 1. The van der Waals surface area contributed by atoms with Crippen LogP contribution in [0.4, 0.5) is 0 Å². The molecule has 3 unspecified atom stereocenters. The Balaban J connectivity index is 4.76. The fourth-order valence-corrected chi connectivity index (χ4v) is 8.47. The molecule has 76 heavy (non-hydrogen) atoms. The van der Waals surface area contributed by atoms with Gasteiger partial charge in [-0.05, 0) is 122 Å². The molecule has 0 fully saturated rings. The summed E-state index contributed by atoms with van der Waals surface area (Å²) in [5, 5.41) is 9.83. The summed E-state index contributed by atoms with van der Waals surface area (Å²) in [6.07, 6.45) is 69.0. The van der Waals surface area contributed by atoms with E-state index in [9.17, 15) is 28.9 Å². The Bertz CT molecular complexity index is 1690. The molecule has 0 aromatic rings. The number of hydrogen-bond donors (Lipinski definition) is 2. The van der Waals surface area contributed by atoms with E-state index in [4.69, 9.17) is 23.3 Å². The lowest BCUT2D eigenvalue weighted by Crippen LogP contribution is -2.30. The molecule has 0 aliphatic rings. The van der Waals surface area contributed by atoms with Crippen molar-refractivity contribution in [2.24, 2.45) is 0 Å². The number of esters is 3. The van der Waals surface area contributed by atoms with Crippen LogP contribution in [0, 0.1) is 0 Å². The first kappa shape index (κ1) is 72.1. The van der Waals surface area contributed by atoms with E-state index in [1.807, 2.05) is 0 Å².